The molecule has 0 spiro atoms. The second-order valence-corrected chi connectivity index (χ2v) is 1.88. The van der Waals surface area contributed by atoms with Crippen LogP contribution >= 0.6 is 0 Å². The van der Waals surface area contributed by atoms with Crippen LogP contribution in [-0.2, 0) is 0 Å². The monoisotopic (exact) mass is 136 g/mol. The van der Waals surface area contributed by atoms with Crippen LogP contribution in [0, 0.1) is 12.1 Å². The molecule has 4 nitrogen and oxygen atoms in total. The van der Waals surface area contributed by atoms with Crippen LogP contribution in [-0.4, -0.2) is 4.98 Å². The molecule has 0 radical (unpaired) electrons. The Morgan fingerprint density at radius 3 is 2.80 bits per heavy atom. The Kier molecular flexibility index (Phi) is 1.94. The van der Waals surface area contributed by atoms with Crippen LogP contribution in [0.4, 0.5) is 5.82 Å². The second-order valence-electron chi connectivity index (χ2n) is 1.88. The van der Waals surface area contributed by atoms with Gasteiger partial charge in [-0.3, -0.25) is 0 Å². The lowest BCUT2D eigenvalue weighted by Gasteiger charge is -1.92. The van der Waals surface area contributed by atoms with E-state index in [0.717, 1.165) is 5.56 Å². The van der Waals surface area contributed by atoms with E-state index in [0.29, 0.717) is 5.82 Å². The number of aromatic nitrogens is 1. The molecule has 0 aromatic carbocycles. The number of rotatable bonds is 1. The summed E-state index contributed by atoms with van der Waals surface area (Å²) in [5.41, 5.74) is 1.03. The maximum Gasteiger partial charge on any atom is 0.173 e. The van der Waals surface area contributed by atoms with Crippen LogP contribution in [0.3, 0.4) is 0 Å². The molecule has 52 valence electrons. The third-order valence-electron chi connectivity index (χ3n) is 1.04. The number of nitrogens with zero attached hydrogens (tertiary/aromatic N) is 3. The highest BCUT2D eigenvalue weighted by atomic mass is 16.5. The van der Waals surface area contributed by atoms with Gasteiger partial charge in [-0.1, -0.05) is 6.07 Å². The lowest BCUT2D eigenvalue weighted by atomic mass is 10.3. The van der Waals surface area contributed by atoms with E-state index in [1.165, 1.54) is 0 Å². The summed E-state index contributed by atoms with van der Waals surface area (Å²) in [6.45, 7) is 1.91. The van der Waals surface area contributed by atoms with Crippen molar-refractivity contribution in [1.29, 1.82) is 0 Å². The topological polar surface area (TPSA) is 60.7 Å². The van der Waals surface area contributed by atoms with E-state index >= 15 is 0 Å². The molecule has 0 bridgehead atoms. The molecule has 1 aromatic heterocycles. The molecule has 0 aliphatic rings. The van der Waals surface area contributed by atoms with E-state index < -0.39 is 0 Å². The first-order valence-electron chi connectivity index (χ1n) is 2.79. The second kappa shape index (κ2) is 2.91. The Morgan fingerprint density at radius 2 is 2.30 bits per heavy atom. The molecule has 0 amide bonds. The number of aryl methyl sites for hydroxylation is 1. The minimum Gasteiger partial charge on any atom is -0.775 e. The fraction of sp³-hybridized carbons (Fsp3) is 0.167. The first-order valence-corrected chi connectivity index (χ1v) is 2.79. The van der Waals surface area contributed by atoms with Crippen molar-refractivity contribution in [3.05, 3.63) is 29.1 Å². The van der Waals surface area contributed by atoms with Gasteiger partial charge < -0.3 is 5.21 Å². The van der Waals surface area contributed by atoms with Crippen molar-refractivity contribution < 1.29 is 0 Å². The molecule has 1 heterocycles. The van der Waals surface area contributed by atoms with Crippen molar-refractivity contribution >= 4 is 5.82 Å². The van der Waals surface area contributed by atoms with Gasteiger partial charge in [0.25, 0.3) is 0 Å². The van der Waals surface area contributed by atoms with Crippen molar-refractivity contribution in [2.75, 3.05) is 0 Å². The van der Waals surface area contributed by atoms with Crippen LogP contribution in [0.1, 0.15) is 5.56 Å². The minimum absolute atomic E-state index is 0.348. The predicted octanol–water partition coefficient (Wildman–Crippen LogP) is 1.97. The molecule has 0 atom stereocenters. The van der Waals surface area contributed by atoms with E-state index in [1.54, 1.807) is 12.3 Å². The highest BCUT2D eigenvalue weighted by molar-refractivity contribution is 5.27. The average molecular weight is 136 g/mol. The minimum atomic E-state index is 0.348. The first-order chi connectivity index (χ1) is 4.83. The van der Waals surface area contributed by atoms with E-state index in [-0.39, 0.29) is 0 Å². The Morgan fingerprint density at radius 1 is 1.50 bits per heavy atom. The highest BCUT2D eigenvalue weighted by Gasteiger charge is 1.86. The Labute approximate surface area is 58.2 Å². The summed E-state index contributed by atoms with van der Waals surface area (Å²) in [6.07, 6.45) is 1.63. The van der Waals surface area contributed by atoms with E-state index in [9.17, 15) is 5.21 Å². The van der Waals surface area contributed by atoms with Crippen LogP contribution < -0.4 is 0 Å². The zero-order valence-electron chi connectivity index (χ0n) is 5.48. The fourth-order valence-electron chi connectivity index (χ4n) is 0.561. The molecule has 0 saturated heterocycles. The first kappa shape index (κ1) is 6.67. The summed E-state index contributed by atoms with van der Waals surface area (Å²) in [4.78, 5) is 3.81. The molecule has 4 heteroatoms. The fourth-order valence-corrected chi connectivity index (χ4v) is 0.561. The largest absolute Gasteiger partial charge is 0.775 e. The SMILES string of the molecule is Cc1ccc(N=N[O-])nc1. The van der Waals surface area contributed by atoms with Gasteiger partial charge in [-0.2, -0.15) is 0 Å². The van der Waals surface area contributed by atoms with Gasteiger partial charge in [0.1, 0.15) is 0 Å². The molecule has 10 heavy (non-hydrogen) atoms. The maximum atomic E-state index is 9.60. The molecule has 0 N–H and O–H groups in total. The number of hydrogen-bond acceptors (Lipinski definition) is 4. The van der Waals surface area contributed by atoms with Gasteiger partial charge >= 0.3 is 0 Å². The zero-order valence-corrected chi connectivity index (χ0v) is 5.48. The van der Waals surface area contributed by atoms with Crippen molar-refractivity contribution in [2.45, 2.75) is 6.92 Å². The molecule has 0 unspecified atom stereocenters. The summed E-state index contributed by atoms with van der Waals surface area (Å²) < 4.78 is 0. The van der Waals surface area contributed by atoms with Gasteiger partial charge in [0.15, 0.2) is 5.82 Å². The smallest absolute Gasteiger partial charge is 0.173 e. The Hall–Kier alpha value is -1.45. The standard InChI is InChI=1S/C6H7N3O/c1-5-2-3-6(7-4-5)8-9-10/h2-4H,1H3,(H,7,8,10)/p-1. The van der Waals surface area contributed by atoms with E-state index in [4.69, 9.17) is 0 Å². The third-order valence-corrected chi connectivity index (χ3v) is 1.04. The zero-order chi connectivity index (χ0) is 7.40. The van der Waals surface area contributed by atoms with Crippen LogP contribution in [0.25, 0.3) is 0 Å². The third kappa shape index (κ3) is 1.51. The van der Waals surface area contributed by atoms with Crippen molar-refractivity contribution in [3.8, 4) is 0 Å². The number of hydrogen-bond donors (Lipinski definition) is 0. The maximum absolute atomic E-state index is 9.60. The molecule has 1 rings (SSSR count). The lowest BCUT2D eigenvalue weighted by molar-refractivity contribution is 1.14. The van der Waals surface area contributed by atoms with Gasteiger partial charge in [0.05, 0.1) is 0 Å². The molecule has 0 saturated carbocycles. The van der Waals surface area contributed by atoms with Crippen LogP contribution in [0.2, 0.25) is 0 Å². The summed E-state index contributed by atoms with van der Waals surface area (Å²) in [7, 11) is 0. The average Bonchev–Trinajstić information content (AvgIpc) is 1.95. The van der Waals surface area contributed by atoms with Gasteiger partial charge in [-0.15, -0.1) is 5.11 Å². The van der Waals surface area contributed by atoms with Crippen molar-refractivity contribution in [3.63, 3.8) is 0 Å². The molecular formula is C6H6N3O-. The predicted molar refractivity (Wildman–Crippen MR) is 36.9 cm³/mol. The molecule has 1 aromatic rings. The van der Waals surface area contributed by atoms with Gasteiger partial charge in [0, 0.05) is 6.20 Å². The molecule has 0 aliphatic heterocycles. The van der Waals surface area contributed by atoms with Crippen molar-refractivity contribution in [2.24, 2.45) is 10.4 Å². The Balaban J connectivity index is 2.89. The Bertz CT molecular complexity index is 229. The molecule has 0 aliphatic carbocycles. The van der Waals surface area contributed by atoms with Gasteiger partial charge in [0.2, 0.25) is 0 Å². The van der Waals surface area contributed by atoms with Crippen LogP contribution in [0.15, 0.2) is 28.7 Å². The van der Waals surface area contributed by atoms with Gasteiger partial charge in [-0.05, 0) is 18.6 Å². The summed E-state index contributed by atoms with van der Waals surface area (Å²) in [5, 5.41) is 15.2. The summed E-state index contributed by atoms with van der Waals surface area (Å²) in [6, 6.07) is 3.45. The van der Waals surface area contributed by atoms with Crippen LogP contribution in [0.5, 0.6) is 0 Å². The summed E-state index contributed by atoms with van der Waals surface area (Å²) >= 11 is 0. The van der Waals surface area contributed by atoms with Gasteiger partial charge in [-0.25, -0.2) is 10.3 Å². The van der Waals surface area contributed by atoms with E-state index in [1.807, 2.05) is 13.0 Å². The lowest BCUT2D eigenvalue weighted by Crippen LogP contribution is -1.74. The molecule has 0 fully saturated rings. The molecular weight excluding hydrogens is 130 g/mol. The summed E-state index contributed by atoms with van der Waals surface area (Å²) in [5.74, 6) is 0.348. The normalized spacial score (nSPS) is 10.5. The quantitative estimate of drug-likeness (QED) is 0.437. The van der Waals surface area contributed by atoms with E-state index in [2.05, 4.69) is 15.4 Å². The number of pyridine rings is 1. The van der Waals surface area contributed by atoms with Crippen molar-refractivity contribution in [1.82, 2.24) is 4.98 Å². The highest BCUT2D eigenvalue weighted by Crippen LogP contribution is 2.07.